The molecule has 0 saturated heterocycles. The van der Waals surface area contributed by atoms with Crippen LogP contribution in [0.5, 0.6) is 5.75 Å². The van der Waals surface area contributed by atoms with E-state index in [4.69, 9.17) is 15.7 Å². The number of hydrogen-bond acceptors (Lipinski definition) is 5. The standard InChI is InChI=1S/C14H12N4O2/c1-20-11-6-2-4-9(8-15)13(11)18-14(19)10-5-3-7-12(16)17-10/h2-7H,1H3,(H2,16,17)(H,18,19). The van der Waals surface area contributed by atoms with Crippen LogP contribution in [0.15, 0.2) is 36.4 Å². The fraction of sp³-hybridized carbons (Fsp3) is 0.0714. The molecule has 2 rings (SSSR count). The highest BCUT2D eigenvalue weighted by Gasteiger charge is 2.14. The predicted octanol–water partition coefficient (Wildman–Crippen LogP) is 1.80. The Hall–Kier alpha value is -3.07. The second-order valence-electron chi connectivity index (χ2n) is 3.90. The first-order valence-corrected chi connectivity index (χ1v) is 5.76. The number of rotatable bonds is 3. The number of carbonyl (C=O) groups is 1. The number of nitrogens with one attached hydrogen (secondary N) is 1. The van der Waals surface area contributed by atoms with Gasteiger partial charge < -0.3 is 15.8 Å². The molecule has 0 atom stereocenters. The lowest BCUT2D eigenvalue weighted by molar-refractivity contribution is 0.102. The van der Waals surface area contributed by atoms with Crippen LogP contribution in [0, 0.1) is 11.3 Å². The fourth-order valence-corrected chi connectivity index (χ4v) is 1.68. The average molecular weight is 268 g/mol. The van der Waals surface area contributed by atoms with Crippen molar-refractivity contribution < 1.29 is 9.53 Å². The lowest BCUT2D eigenvalue weighted by Gasteiger charge is -2.11. The van der Waals surface area contributed by atoms with E-state index >= 15 is 0 Å². The fourth-order valence-electron chi connectivity index (χ4n) is 1.68. The summed E-state index contributed by atoms with van der Waals surface area (Å²) in [5.41, 5.74) is 6.32. The van der Waals surface area contributed by atoms with Crippen molar-refractivity contribution in [1.29, 1.82) is 5.26 Å². The van der Waals surface area contributed by atoms with Gasteiger partial charge in [0.15, 0.2) is 0 Å². The van der Waals surface area contributed by atoms with Crippen molar-refractivity contribution >= 4 is 17.4 Å². The van der Waals surface area contributed by atoms with Crippen molar-refractivity contribution in [3.05, 3.63) is 47.7 Å². The zero-order valence-electron chi connectivity index (χ0n) is 10.8. The number of pyridine rings is 1. The lowest BCUT2D eigenvalue weighted by Crippen LogP contribution is -2.15. The third kappa shape index (κ3) is 2.67. The summed E-state index contributed by atoms with van der Waals surface area (Å²) in [5, 5.41) is 11.7. The van der Waals surface area contributed by atoms with E-state index < -0.39 is 5.91 Å². The van der Waals surface area contributed by atoms with Crippen LogP contribution in [-0.2, 0) is 0 Å². The number of hydrogen-bond donors (Lipinski definition) is 2. The molecule has 0 aliphatic rings. The van der Waals surface area contributed by atoms with E-state index in [2.05, 4.69) is 10.3 Å². The van der Waals surface area contributed by atoms with E-state index in [9.17, 15) is 4.79 Å². The smallest absolute Gasteiger partial charge is 0.274 e. The Bertz CT molecular complexity index is 692. The SMILES string of the molecule is COc1cccc(C#N)c1NC(=O)c1cccc(N)n1. The van der Waals surface area contributed by atoms with Gasteiger partial charge in [0.1, 0.15) is 29.0 Å². The minimum atomic E-state index is -0.460. The molecule has 1 aromatic heterocycles. The number of ether oxygens (including phenoxy) is 1. The molecular formula is C14H12N4O2. The summed E-state index contributed by atoms with van der Waals surface area (Å²) in [6.07, 6.45) is 0. The van der Waals surface area contributed by atoms with Crippen molar-refractivity contribution in [3.8, 4) is 11.8 Å². The van der Waals surface area contributed by atoms with Crippen LogP contribution in [-0.4, -0.2) is 18.0 Å². The second-order valence-corrected chi connectivity index (χ2v) is 3.90. The number of nitrogen functional groups attached to an aromatic ring is 1. The maximum atomic E-state index is 12.1. The van der Waals surface area contributed by atoms with Crippen LogP contribution < -0.4 is 15.8 Å². The van der Waals surface area contributed by atoms with Crippen molar-refractivity contribution in [2.75, 3.05) is 18.2 Å². The highest BCUT2D eigenvalue weighted by Crippen LogP contribution is 2.28. The quantitative estimate of drug-likeness (QED) is 0.883. The molecule has 1 heterocycles. The molecule has 20 heavy (non-hydrogen) atoms. The van der Waals surface area contributed by atoms with Crippen LogP contribution >= 0.6 is 0 Å². The van der Waals surface area contributed by atoms with E-state index in [1.807, 2.05) is 6.07 Å². The molecule has 6 heteroatoms. The van der Waals surface area contributed by atoms with Gasteiger partial charge in [-0.2, -0.15) is 5.26 Å². The van der Waals surface area contributed by atoms with Gasteiger partial charge in [-0.3, -0.25) is 4.79 Å². The minimum Gasteiger partial charge on any atom is -0.495 e. The molecule has 0 unspecified atom stereocenters. The van der Waals surface area contributed by atoms with E-state index in [0.717, 1.165) is 0 Å². The van der Waals surface area contributed by atoms with Crippen LogP contribution in [0.3, 0.4) is 0 Å². The van der Waals surface area contributed by atoms with Crippen molar-refractivity contribution in [3.63, 3.8) is 0 Å². The van der Waals surface area contributed by atoms with Crippen molar-refractivity contribution in [2.24, 2.45) is 0 Å². The van der Waals surface area contributed by atoms with Crippen LogP contribution in [0.25, 0.3) is 0 Å². The molecule has 0 bridgehead atoms. The number of nitrogens with two attached hydrogens (primary N) is 1. The third-order valence-electron chi connectivity index (χ3n) is 2.61. The zero-order chi connectivity index (χ0) is 14.5. The number of para-hydroxylation sites is 1. The number of aromatic nitrogens is 1. The summed E-state index contributed by atoms with van der Waals surface area (Å²) in [5.74, 6) is 0.192. The largest absolute Gasteiger partial charge is 0.495 e. The van der Waals surface area contributed by atoms with Crippen LogP contribution in [0.2, 0.25) is 0 Å². The molecule has 0 saturated carbocycles. The van der Waals surface area contributed by atoms with Crippen molar-refractivity contribution in [1.82, 2.24) is 4.98 Å². The van der Waals surface area contributed by atoms with E-state index in [0.29, 0.717) is 17.0 Å². The number of nitriles is 1. The Morgan fingerprint density at radius 3 is 2.75 bits per heavy atom. The Labute approximate surface area is 115 Å². The van der Waals surface area contributed by atoms with Gasteiger partial charge in [-0.15, -0.1) is 0 Å². The number of carbonyl (C=O) groups excluding carboxylic acids is 1. The van der Waals surface area contributed by atoms with Gasteiger partial charge in [0.25, 0.3) is 5.91 Å². The first-order chi connectivity index (χ1) is 9.65. The number of methoxy groups -OCH3 is 1. The molecule has 100 valence electrons. The monoisotopic (exact) mass is 268 g/mol. The minimum absolute atomic E-state index is 0.166. The Morgan fingerprint density at radius 1 is 1.35 bits per heavy atom. The molecule has 1 amide bonds. The summed E-state index contributed by atoms with van der Waals surface area (Å²) in [6.45, 7) is 0. The zero-order valence-corrected chi connectivity index (χ0v) is 10.8. The highest BCUT2D eigenvalue weighted by atomic mass is 16.5. The normalized spacial score (nSPS) is 9.60. The summed E-state index contributed by atoms with van der Waals surface area (Å²) >= 11 is 0. The topological polar surface area (TPSA) is 101 Å². The van der Waals surface area contributed by atoms with Gasteiger partial charge in [0.2, 0.25) is 0 Å². The molecule has 0 spiro atoms. The third-order valence-corrected chi connectivity index (χ3v) is 2.61. The second kappa shape index (κ2) is 5.71. The molecule has 0 aliphatic heterocycles. The van der Waals surface area contributed by atoms with Gasteiger partial charge in [-0.25, -0.2) is 4.98 Å². The Morgan fingerprint density at radius 2 is 2.10 bits per heavy atom. The Balaban J connectivity index is 2.35. The maximum absolute atomic E-state index is 12.1. The number of benzene rings is 1. The maximum Gasteiger partial charge on any atom is 0.274 e. The number of amides is 1. The summed E-state index contributed by atoms with van der Waals surface area (Å²) in [7, 11) is 1.46. The summed E-state index contributed by atoms with van der Waals surface area (Å²) in [6, 6.07) is 11.7. The van der Waals surface area contributed by atoms with Crippen molar-refractivity contribution in [2.45, 2.75) is 0 Å². The molecule has 0 aliphatic carbocycles. The molecule has 0 fully saturated rings. The van der Waals surface area contributed by atoms with Gasteiger partial charge in [-0.05, 0) is 24.3 Å². The molecule has 1 aromatic carbocycles. The molecule has 6 nitrogen and oxygen atoms in total. The molecule has 2 aromatic rings. The molecular weight excluding hydrogens is 256 g/mol. The molecule has 3 N–H and O–H groups in total. The lowest BCUT2D eigenvalue weighted by atomic mass is 10.1. The number of anilines is 2. The predicted molar refractivity (Wildman–Crippen MR) is 74.3 cm³/mol. The highest BCUT2D eigenvalue weighted by molar-refractivity contribution is 6.04. The molecule has 0 radical (unpaired) electrons. The summed E-state index contributed by atoms with van der Waals surface area (Å²) < 4.78 is 5.14. The van der Waals surface area contributed by atoms with E-state index in [-0.39, 0.29) is 11.5 Å². The van der Waals surface area contributed by atoms with Crippen LogP contribution in [0.1, 0.15) is 16.1 Å². The first kappa shape index (κ1) is 13.4. The Kier molecular flexibility index (Phi) is 3.82. The van der Waals surface area contributed by atoms with Gasteiger partial charge >= 0.3 is 0 Å². The first-order valence-electron chi connectivity index (χ1n) is 5.76. The van der Waals surface area contributed by atoms with Crippen LogP contribution in [0.4, 0.5) is 11.5 Å². The average Bonchev–Trinajstić information content (AvgIpc) is 2.47. The van der Waals surface area contributed by atoms with Gasteiger partial charge in [0.05, 0.1) is 12.7 Å². The van der Waals surface area contributed by atoms with Gasteiger partial charge in [0, 0.05) is 0 Å². The van der Waals surface area contributed by atoms with E-state index in [1.165, 1.54) is 13.2 Å². The number of nitrogens with zero attached hydrogens (tertiary/aromatic N) is 2. The van der Waals surface area contributed by atoms with E-state index in [1.54, 1.807) is 30.3 Å². The summed E-state index contributed by atoms with van der Waals surface area (Å²) in [4.78, 5) is 16.0. The van der Waals surface area contributed by atoms with Gasteiger partial charge in [-0.1, -0.05) is 12.1 Å².